The van der Waals surface area contributed by atoms with E-state index in [2.05, 4.69) is 19.2 Å². The molecule has 1 saturated heterocycles. The van der Waals surface area contributed by atoms with Crippen molar-refractivity contribution in [2.45, 2.75) is 13.8 Å². The highest BCUT2D eigenvalue weighted by molar-refractivity contribution is 6.05. The fourth-order valence-corrected chi connectivity index (χ4v) is 1.92. The summed E-state index contributed by atoms with van der Waals surface area (Å²) in [5.41, 5.74) is 0.425. The third-order valence-corrected chi connectivity index (χ3v) is 2.92. The summed E-state index contributed by atoms with van der Waals surface area (Å²) >= 11 is 0. The second-order valence-electron chi connectivity index (χ2n) is 5.36. The van der Waals surface area contributed by atoms with Crippen molar-refractivity contribution < 1.29 is 19.1 Å². The van der Waals surface area contributed by atoms with Gasteiger partial charge in [-0.15, -0.1) is 0 Å². The summed E-state index contributed by atoms with van der Waals surface area (Å²) in [7, 11) is 0. The van der Waals surface area contributed by atoms with E-state index in [9.17, 15) is 14.4 Å². The molecule has 0 unspecified atom stereocenters. The molecule has 1 N–H and O–H groups in total. The van der Waals surface area contributed by atoms with E-state index in [4.69, 9.17) is 4.74 Å². The summed E-state index contributed by atoms with van der Waals surface area (Å²) in [5, 5.41) is 2.16. The van der Waals surface area contributed by atoms with Crippen LogP contribution < -0.4 is 10.1 Å². The Morgan fingerprint density at radius 2 is 1.76 bits per heavy atom. The lowest BCUT2D eigenvalue weighted by molar-refractivity contribution is -0.135. The highest BCUT2D eigenvalue weighted by Crippen LogP contribution is 2.15. The summed E-state index contributed by atoms with van der Waals surface area (Å²) in [6.07, 6.45) is 0. The summed E-state index contributed by atoms with van der Waals surface area (Å²) in [5.74, 6) is -0.154. The van der Waals surface area contributed by atoms with E-state index in [0.29, 0.717) is 23.8 Å². The Labute approximate surface area is 123 Å². The van der Waals surface area contributed by atoms with Crippen molar-refractivity contribution in [3.63, 3.8) is 0 Å². The third-order valence-electron chi connectivity index (χ3n) is 2.92. The second kappa shape index (κ2) is 6.39. The molecule has 0 atom stereocenters. The monoisotopic (exact) mass is 290 g/mol. The van der Waals surface area contributed by atoms with E-state index in [0.717, 1.165) is 0 Å². The minimum Gasteiger partial charge on any atom is -0.493 e. The van der Waals surface area contributed by atoms with Gasteiger partial charge in [-0.1, -0.05) is 13.8 Å². The molecule has 1 heterocycles. The largest absolute Gasteiger partial charge is 0.493 e. The van der Waals surface area contributed by atoms with Crippen LogP contribution in [0, 0.1) is 5.92 Å². The van der Waals surface area contributed by atoms with E-state index in [-0.39, 0.29) is 19.0 Å². The first-order valence-corrected chi connectivity index (χ1v) is 6.80. The number of carbonyl (C=O) groups is 3. The normalized spacial score (nSPS) is 15.1. The molecule has 1 fully saturated rings. The van der Waals surface area contributed by atoms with Crippen molar-refractivity contribution in [1.29, 1.82) is 0 Å². The third kappa shape index (κ3) is 4.05. The molecular weight excluding hydrogens is 272 g/mol. The van der Waals surface area contributed by atoms with Crippen molar-refractivity contribution in [2.24, 2.45) is 5.92 Å². The molecule has 1 aromatic rings. The van der Waals surface area contributed by atoms with Gasteiger partial charge < -0.3 is 9.64 Å². The van der Waals surface area contributed by atoms with E-state index < -0.39 is 11.8 Å². The fraction of sp³-hybridized carbons (Fsp3) is 0.400. The van der Waals surface area contributed by atoms with Crippen molar-refractivity contribution in [2.75, 3.05) is 19.7 Å². The minimum absolute atomic E-state index is 0.101. The van der Waals surface area contributed by atoms with Crippen LogP contribution in [-0.4, -0.2) is 42.3 Å². The lowest BCUT2D eigenvalue weighted by Gasteiger charge is -2.25. The smallest absolute Gasteiger partial charge is 0.254 e. The molecule has 0 saturated carbocycles. The van der Waals surface area contributed by atoms with Crippen molar-refractivity contribution in [1.82, 2.24) is 10.2 Å². The van der Waals surface area contributed by atoms with Gasteiger partial charge in [-0.25, -0.2) is 0 Å². The van der Waals surface area contributed by atoms with Gasteiger partial charge in [0.1, 0.15) is 18.8 Å². The summed E-state index contributed by atoms with van der Waals surface area (Å²) in [4.78, 5) is 36.0. The van der Waals surface area contributed by atoms with Crippen LogP contribution in [0.5, 0.6) is 5.75 Å². The van der Waals surface area contributed by atoms with Crippen molar-refractivity contribution in [3.8, 4) is 5.75 Å². The predicted octanol–water partition coefficient (Wildman–Crippen LogP) is 0.820. The first-order valence-electron chi connectivity index (χ1n) is 6.80. The topological polar surface area (TPSA) is 75.7 Å². The zero-order valence-electron chi connectivity index (χ0n) is 12.1. The molecule has 1 aliphatic rings. The van der Waals surface area contributed by atoms with Crippen molar-refractivity contribution >= 4 is 17.7 Å². The lowest BCUT2D eigenvalue weighted by atomic mass is 10.1. The van der Waals surface area contributed by atoms with Crippen LogP contribution in [0.15, 0.2) is 24.3 Å². The Morgan fingerprint density at radius 1 is 1.19 bits per heavy atom. The van der Waals surface area contributed by atoms with E-state index in [1.165, 1.54) is 4.90 Å². The molecule has 112 valence electrons. The SMILES string of the molecule is CC(C)COc1ccc(C(=O)N2CC(=O)NC(=O)C2)cc1. The number of nitrogens with one attached hydrogen (secondary N) is 1. The van der Waals surface area contributed by atoms with Crippen LogP contribution in [0.1, 0.15) is 24.2 Å². The minimum atomic E-state index is -0.462. The first-order chi connectivity index (χ1) is 9.95. The number of nitrogens with zero attached hydrogens (tertiary/aromatic N) is 1. The van der Waals surface area contributed by atoms with Crippen LogP contribution in [0.4, 0.5) is 0 Å². The van der Waals surface area contributed by atoms with E-state index in [1.54, 1.807) is 24.3 Å². The summed E-state index contributed by atoms with van der Waals surface area (Å²) < 4.78 is 5.54. The Hall–Kier alpha value is -2.37. The maximum atomic E-state index is 12.2. The number of hydrogen-bond donors (Lipinski definition) is 1. The number of ether oxygens (including phenoxy) is 1. The van der Waals surface area contributed by atoms with Crippen LogP contribution in [0.3, 0.4) is 0 Å². The Morgan fingerprint density at radius 3 is 2.29 bits per heavy atom. The molecule has 6 heteroatoms. The molecule has 21 heavy (non-hydrogen) atoms. The number of rotatable bonds is 4. The summed E-state index contributed by atoms with van der Waals surface area (Å²) in [6, 6.07) is 6.69. The molecule has 2 rings (SSSR count). The van der Waals surface area contributed by atoms with Gasteiger partial charge in [0.15, 0.2) is 0 Å². The molecule has 0 spiro atoms. The molecule has 0 bridgehead atoms. The van der Waals surface area contributed by atoms with Gasteiger partial charge in [0.2, 0.25) is 11.8 Å². The van der Waals surface area contributed by atoms with Crippen LogP contribution in [-0.2, 0) is 9.59 Å². The Kier molecular flexibility index (Phi) is 4.57. The molecular formula is C15H18N2O4. The first kappa shape index (κ1) is 15.0. The van der Waals surface area contributed by atoms with Gasteiger partial charge in [-0.2, -0.15) is 0 Å². The van der Waals surface area contributed by atoms with Gasteiger partial charge in [-0.05, 0) is 30.2 Å². The summed E-state index contributed by atoms with van der Waals surface area (Å²) in [6.45, 7) is 4.51. The van der Waals surface area contributed by atoms with Gasteiger partial charge in [0.05, 0.1) is 6.61 Å². The quantitative estimate of drug-likeness (QED) is 0.833. The number of benzene rings is 1. The van der Waals surface area contributed by atoms with Gasteiger partial charge in [0.25, 0.3) is 5.91 Å². The molecule has 0 aromatic heterocycles. The molecule has 3 amide bonds. The van der Waals surface area contributed by atoms with E-state index in [1.807, 2.05) is 0 Å². The number of piperazine rings is 1. The lowest BCUT2D eigenvalue weighted by Crippen LogP contribution is -2.53. The predicted molar refractivity (Wildman–Crippen MR) is 75.8 cm³/mol. The average Bonchev–Trinajstić information content (AvgIpc) is 2.44. The highest BCUT2D eigenvalue weighted by Gasteiger charge is 2.26. The standard InChI is InChI=1S/C15H18N2O4/c1-10(2)9-21-12-5-3-11(4-6-12)15(20)17-7-13(18)16-14(19)8-17/h3-6,10H,7-9H2,1-2H3,(H,16,18,19). The molecule has 0 aliphatic carbocycles. The van der Waals surface area contributed by atoms with Gasteiger partial charge in [-0.3, -0.25) is 19.7 Å². The van der Waals surface area contributed by atoms with Crippen LogP contribution in [0.2, 0.25) is 0 Å². The molecule has 0 radical (unpaired) electrons. The highest BCUT2D eigenvalue weighted by atomic mass is 16.5. The number of carbonyl (C=O) groups excluding carboxylic acids is 3. The molecule has 1 aliphatic heterocycles. The Balaban J connectivity index is 2.02. The van der Waals surface area contributed by atoms with Gasteiger partial charge >= 0.3 is 0 Å². The zero-order chi connectivity index (χ0) is 15.4. The fourth-order valence-electron chi connectivity index (χ4n) is 1.92. The number of hydrogen-bond acceptors (Lipinski definition) is 4. The maximum absolute atomic E-state index is 12.2. The maximum Gasteiger partial charge on any atom is 0.254 e. The van der Waals surface area contributed by atoms with Crippen LogP contribution >= 0.6 is 0 Å². The molecule has 1 aromatic carbocycles. The van der Waals surface area contributed by atoms with Gasteiger partial charge in [0, 0.05) is 5.56 Å². The van der Waals surface area contributed by atoms with Crippen molar-refractivity contribution in [3.05, 3.63) is 29.8 Å². The second-order valence-corrected chi connectivity index (χ2v) is 5.36. The van der Waals surface area contributed by atoms with E-state index >= 15 is 0 Å². The zero-order valence-corrected chi connectivity index (χ0v) is 12.1. The molecule has 6 nitrogen and oxygen atoms in total. The Bertz CT molecular complexity index is 535. The average molecular weight is 290 g/mol. The number of imide groups is 1. The van der Waals surface area contributed by atoms with Crippen LogP contribution in [0.25, 0.3) is 0 Å². The number of amides is 3.